The third-order valence-corrected chi connectivity index (χ3v) is 11.3. The van der Waals surface area contributed by atoms with Gasteiger partial charge in [0.1, 0.15) is 5.82 Å². The highest BCUT2D eigenvalue weighted by molar-refractivity contribution is 6.12. The highest BCUT2D eigenvalue weighted by atomic mass is 19.1. The summed E-state index contributed by atoms with van der Waals surface area (Å²) in [5.74, 6) is 0.925. The van der Waals surface area contributed by atoms with Crippen LogP contribution in [0.15, 0.2) is 176 Å². The van der Waals surface area contributed by atoms with E-state index in [0.29, 0.717) is 73.2 Å². The highest BCUT2D eigenvalue weighted by Crippen LogP contribution is 2.42. The Kier molecular flexibility index (Phi) is 9.75. The van der Waals surface area contributed by atoms with Gasteiger partial charge in [-0.15, -0.1) is 0 Å². The number of nitrogens with zero attached hydrogens (tertiary/aromatic N) is 8. The minimum atomic E-state index is -0.388. The molecule has 0 radical (unpaired) electrons. The van der Waals surface area contributed by atoms with E-state index < -0.39 is 0 Å². The monoisotopic (exact) mass is 820 g/mol. The second-order valence-electron chi connectivity index (χ2n) is 15.0. The molecule has 0 saturated heterocycles. The summed E-state index contributed by atoms with van der Waals surface area (Å²) in [5, 5.41) is 41.5. The number of nitriles is 4. The van der Waals surface area contributed by atoms with E-state index in [-0.39, 0.29) is 5.82 Å². The van der Waals surface area contributed by atoms with Crippen LogP contribution in [0.25, 0.3) is 95.0 Å². The van der Waals surface area contributed by atoms with E-state index in [4.69, 9.17) is 15.0 Å². The first kappa shape index (κ1) is 38.6. The Bertz CT molecular complexity index is 3490. The molecule has 9 heteroatoms. The molecule has 0 bridgehead atoms. The summed E-state index contributed by atoms with van der Waals surface area (Å²) in [4.78, 5) is 15.2. The van der Waals surface area contributed by atoms with E-state index in [1.165, 1.54) is 6.07 Å². The van der Waals surface area contributed by atoms with Crippen molar-refractivity contribution < 1.29 is 4.39 Å². The van der Waals surface area contributed by atoms with Gasteiger partial charge in [-0.3, -0.25) is 0 Å². The summed E-state index contributed by atoms with van der Waals surface area (Å²) < 4.78 is 17.9. The number of fused-ring (bicyclic) bond motifs is 3. The molecule has 0 atom stereocenters. The quantitative estimate of drug-likeness (QED) is 0.156. The average Bonchev–Trinajstić information content (AvgIpc) is 3.69. The summed E-state index contributed by atoms with van der Waals surface area (Å²) in [6.07, 6.45) is 0. The normalized spacial score (nSPS) is 10.8. The molecule has 0 aliphatic heterocycles. The van der Waals surface area contributed by atoms with Crippen LogP contribution in [0.2, 0.25) is 0 Å². The molecule has 8 aromatic carbocycles. The fourth-order valence-electron chi connectivity index (χ4n) is 8.23. The molecule has 10 rings (SSSR count). The molecular formula is C55H29FN8. The number of hydrogen-bond acceptors (Lipinski definition) is 7. The Hall–Kier alpha value is -9.54. The summed E-state index contributed by atoms with van der Waals surface area (Å²) in [5.41, 5.74) is 9.58. The van der Waals surface area contributed by atoms with Crippen molar-refractivity contribution in [2.24, 2.45) is 0 Å². The number of aromatic nitrogens is 4. The number of halogens is 1. The van der Waals surface area contributed by atoms with Crippen LogP contribution < -0.4 is 0 Å². The van der Waals surface area contributed by atoms with Gasteiger partial charge in [-0.2, -0.15) is 21.0 Å². The first-order valence-corrected chi connectivity index (χ1v) is 20.2. The zero-order chi connectivity index (χ0) is 43.7. The summed E-state index contributed by atoms with van der Waals surface area (Å²) in [7, 11) is 0. The van der Waals surface area contributed by atoms with Gasteiger partial charge in [0.2, 0.25) is 0 Å². The van der Waals surface area contributed by atoms with Crippen molar-refractivity contribution in [3.05, 3.63) is 204 Å². The molecule has 0 fully saturated rings. The van der Waals surface area contributed by atoms with Gasteiger partial charge in [-0.05, 0) is 82.4 Å². The van der Waals surface area contributed by atoms with Crippen molar-refractivity contribution in [1.82, 2.24) is 19.5 Å². The molecule has 0 aliphatic carbocycles. The first-order chi connectivity index (χ1) is 31.4. The molecule has 0 amide bonds. The van der Waals surface area contributed by atoms with Gasteiger partial charge >= 0.3 is 0 Å². The SMILES string of the molecule is N#Cc1ccc(-c2ccc3c4ccc(-c5ccc(C#N)cc5C#N)cc4n(-c4cc(-c5ccccc5F)ccc4-c4nc(-c5ccccc5)nc(-c5ccccc5)n4)c3c2)c(C#N)c1. The summed E-state index contributed by atoms with van der Waals surface area (Å²) >= 11 is 0. The lowest BCUT2D eigenvalue weighted by Crippen LogP contribution is -2.04. The van der Waals surface area contributed by atoms with Crippen LogP contribution in [-0.2, 0) is 0 Å². The lowest BCUT2D eigenvalue weighted by atomic mass is 9.96. The summed E-state index contributed by atoms with van der Waals surface area (Å²) in [6, 6.07) is 62.6. The molecule has 0 saturated carbocycles. The van der Waals surface area contributed by atoms with Crippen molar-refractivity contribution in [2.75, 3.05) is 0 Å². The molecule has 8 nitrogen and oxygen atoms in total. The molecule has 2 heterocycles. The topological polar surface area (TPSA) is 139 Å². The van der Waals surface area contributed by atoms with Gasteiger partial charge in [0.15, 0.2) is 17.5 Å². The van der Waals surface area contributed by atoms with E-state index >= 15 is 4.39 Å². The van der Waals surface area contributed by atoms with Crippen molar-refractivity contribution >= 4 is 21.8 Å². The van der Waals surface area contributed by atoms with E-state index in [9.17, 15) is 21.0 Å². The van der Waals surface area contributed by atoms with Gasteiger partial charge < -0.3 is 4.57 Å². The van der Waals surface area contributed by atoms with Crippen molar-refractivity contribution in [3.8, 4) is 97.5 Å². The van der Waals surface area contributed by atoms with Gasteiger partial charge in [0, 0.05) is 33.0 Å². The fourth-order valence-corrected chi connectivity index (χ4v) is 8.23. The third kappa shape index (κ3) is 6.85. The Labute approximate surface area is 366 Å². The molecular weight excluding hydrogens is 792 g/mol. The van der Waals surface area contributed by atoms with Crippen LogP contribution in [0.1, 0.15) is 22.3 Å². The predicted octanol–water partition coefficient (Wildman–Crippen LogP) is 12.6. The van der Waals surface area contributed by atoms with Crippen LogP contribution in [-0.4, -0.2) is 19.5 Å². The van der Waals surface area contributed by atoms with E-state index in [1.54, 1.807) is 54.6 Å². The number of hydrogen-bond donors (Lipinski definition) is 0. The van der Waals surface area contributed by atoms with E-state index in [0.717, 1.165) is 44.1 Å². The minimum Gasteiger partial charge on any atom is -0.308 e. The number of benzene rings is 8. The molecule has 0 N–H and O–H groups in total. The van der Waals surface area contributed by atoms with Crippen LogP contribution in [0.3, 0.4) is 0 Å². The van der Waals surface area contributed by atoms with Crippen molar-refractivity contribution in [3.63, 3.8) is 0 Å². The maximum absolute atomic E-state index is 15.8. The predicted molar refractivity (Wildman–Crippen MR) is 246 cm³/mol. The zero-order valence-electron chi connectivity index (χ0n) is 33.7. The van der Waals surface area contributed by atoms with Crippen LogP contribution in [0, 0.1) is 51.1 Å². The minimum absolute atomic E-state index is 0.350. The molecule has 64 heavy (non-hydrogen) atoms. The third-order valence-electron chi connectivity index (χ3n) is 11.3. The first-order valence-electron chi connectivity index (χ1n) is 20.2. The molecule has 0 unspecified atom stereocenters. The molecule has 10 aromatic rings. The molecule has 296 valence electrons. The molecule has 0 spiro atoms. The van der Waals surface area contributed by atoms with Crippen molar-refractivity contribution in [1.29, 1.82) is 21.0 Å². The second kappa shape index (κ2) is 16.1. The standard InChI is InChI=1S/C55H29FN8/c56-49-14-8-7-13-45(49)40-19-24-48(55-62-53(36-9-3-1-4-10-36)61-54(63-55)37-11-5-2-6-12-37)52(29-40)64-50-27-38(43-20-15-34(30-57)25-41(43)32-59)17-22-46(50)47-23-18-39(28-51(47)64)44-21-16-35(31-58)26-42(44)33-60/h1-29H. The zero-order valence-corrected chi connectivity index (χ0v) is 33.7. The highest BCUT2D eigenvalue weighted by Gasteiger charge is 2.23. The summed E-state index contributed by atoms with van der Waals surface area (Å²) in [6.45, 7) is 0. The van der Waals surface area contributed by atoms with Gasteiger partial charge in [-0.1, -0.05) is 121 Å². The van der Waals surface area contributed by atoms with Gasteiger partial charge in [0.25, 0.3) is 0 Å². The maximum atomic E-state index is 15.8. The van der Waals surface area contributed by atoms with Crippen LogP contribution >= 0.6 is 0 Å². The Morgan fingerprint density at radius 2 is 0.828 bits per heavy atom. The Morgan fingerprint density at radius 1 is 0.375 bits per heavy atom. The van der Waals surface area contributed by atoms with E-state index in [2.05, 4.69) is 28.8 Å². The van der Waals surface area contributed by atoms with Crippen molar-refractivity contribution in [2.45, 2.75) is 0 Å². The Balaban J connectivity index is 1.33. The largest absolute Gasteiger partial charge is 0.308 e. The molecule has 2 aromatic heterocycles. The van der Waals surface area contributed by atoms with Crippen LogP contribution in [0.4, 0.5) is 4.39 Å². The second-order valence-corrected chi connectivity index (χ2v) is 15.0. The fraction of sp³-hybridized carbons (Fsp3) is 0. The van der Waals surface area contributed by atoms with E-state index in [1.807, 2.05) is 115 Å². The lowest BCUT2D eigenvalue weighted by molar-refractivity contribution is 0.631. The number of rotatable bonds is 7. The molecule has 0 aliphatic rings. The average molecular weight is 821 g/mol. The van der Waals surface area contributed by atoms with Gasteiger partial charge in [-0.25, -0.2) is 19.3 Å². The Morgan fingerprint density at radius 3 is 1.33 bits per heavy atom. The maximum Gasteiger partial charge on any atom is 0.166 e. The lowest BCUT2D eigenvalue weighted by Gasteiger charge is -2.17. The van der Waals surface area contributed by atoms with Gasteiger partial charge in [0.05, 0.1) is 63.3 Å². The smallest absolute Gasteiger partial charge is 0.166 e. The van der Waals surface area contributed by atoms with Crippen LogP contribution in [0.5, 0.6) is 0 Å².